The number of fused-ring (bicyclic) bond motifs is 3. The van der Waals surface area contributed by atoms with Crippen LogP contribution in [-0.4, -0.2) is 15.6 Å². The van der Waals surface area contributed by atoms with Gasteiger partial charge in [0.15, 0.2) is 0 Å². The molecule has 1 aromatic heterocycles. The van der Waals surface area contributed by atoms with Gasteiger partial charge >= 0.3 is 5.97 Å². The van der Waals surface area contributed by atoms with Crippen LogP contribution < -0.4 is 0 Å². The maximum atomic E-state index is 11.5. The van der Waals surface area contributed by atoms with E-state index in [1.165, 1.54) is 0 Å². The van der Waals surface area contributed by atoms with E-state index in [4.69, 9.17) is 4.74 Å². The number of carboxylic acid groups (broad SMARTS) is 1. The molecule has 1 atom stereocenters. The molecule has 0 saturated heterocycles. The van der Waals surface area contributed by atoms with Crippen LogP contribution in [-0.2, 0) is 21.7 Å². The molecule has 0 unspecified atom stereocenters. The van der Waals surface area contributed by atoms with Crippen molar-refractivity contribution in [1.82, 2.24) is 4.57 Å². The summed E-state index contributed by atoms with van der Waals surface area (Å²) in [5.74, 6) is -0.977. The van der Waals surface area contributed by atoms with Gasteiger partial charge in [0.05, 0.1) is 18.0 Å². The fraction of sp³-hybridized carbons (Fsp3) is 0.214. The van der Waals surface area contributed by atoms with E-state index in [1.54, 1.807) is 13.0 Å². The molecule has 0 saturated carbocycles. The first-order chi connectivity index (χ1) is 8.63. The minimum atomic E-state index is -1.32. The molecule has 2 heterocycles. The highest BCUT2D eigenvalue weighted by molar-refractivity contribution is 5.79. The molecule has 1 N–H and O–H groups in total. The second-order valence-corrected chi connectivity index (χ2v) is 4.52. The molecule has 4 heteroatoms. The van der Waals surface area contributed by atoms with Crippen LogP contribution in [0.4, 0.5) is 0 Å². The average molecular weight is 243 g/mol. The lowest BCUT2D eigenvalue weighted by Crippen LogP contribution is -2.36. The van der Waals surface area contributed by atoms with Crippen LogP contribution in [0.1, 0.15) is 18.2 Å². The summed E-state index contributed by atoms with van der Waals surface area (Å²) in [5.41, 5.74) is 1.28. The maximum absolute atomic E-state index is 11.5. The molecule has 1 aliphatic rings. The third-order valence-electron chi connectivity index (χ3n) is 3.41. The molecule has 2 aromatic rings. The van der Waals surface area contributed by atoms with E-state index < -0.39 is 11.6 Å². The molecule has 0 amide bonds. The van der Waals surface area contributed by atoms with E-state index in [-0.39, 0.29) is 0 Å². The molecule has 0 aliphatic carbocycles. The number of hydrogen-bond donors (Lipinski definition) is 1. The van der Waals surface area contributed by atoms with Crippen LogP contribution >= 0.6 is 0 Å². The number of para-hydroxylation sites is 1. The molecule has 0 fully saturated rings. The van der Waals surface area contributed by atoms with E-state index in [2.05, 4.69) is 0 Å². The van der Waals surface area contributed by atoms with Gasteiger partial charge in [0.2, 0.25) is 5.60 Å². The first-order valence-corrected chi connectivity index (χ1v) is 5.76. The lowest BCUT2D eigenvalue weighted by Gasteiger charge is -2.23. The van der Waals surface area contributed by atoms with Gasteiger partial charge in [-0.15, -0.1) is 0 Å². The molecule has 1 aliphatic heterocycles. The normalized spacial score (nSPS) is 21.8. The third kappa shape index (κ3) is 1.39. The number of ether oxygens (including phenoxy) is 1. The summed E-state index contributed by atoms with van der Waals surface area (Å²) in [5, 5.41) is 9.43. The molecule has 0 bridgehead atoms. The van der Waals surface area contributed by atoms with E-state index in [1.807, 2.05) is 41.1 Å². The van der Waals surface area contributed by atoms with Gasteiger partial charge < -0.3 is 14.4 Å². The van der Waals surface area contributed by atoms with Gasteiger partial charge in [0.25, 0.3) is 0 Å². The van der Waals surface area contributed by atoms with E-state index >= 15 is 0 Å². The Morgan fingerprint density at radius 2 is 2.11 bits per heavy atom. The fourth-order valence-corrected chi connectivity index (χ4v) is 2.32. The Kier molecular flexibility index (Phi) is 2.28. The van der Waals surface area contributed by atoms with Crippen molar-refractivity contribution in [3.05, 3.63) is 53.9 Å². The zero-order valence-corrected chi connectivity index (χ0v) is 9.96. The van der Waals surface area contributed by atoms with Gasteiger partial charge in [0.1, 0.15) is 0 Å². The summed E-state index contributed by atoms with van der Waals surface area (Å²) in [4.78, 5) is 11.5. The van der Waals surface area contributed by atoms with Gasteiger partial charge in [-0.2, -0.15) is 0 Å². The van der Waals surface area contributed by atoms with Crippen molar-refractivity contribution in [3.63, 3.8) is 0 Å². The number of hydrogen-bond acceptors (Lipinski definition) is 2. The Balaban J connectivity index is 2.27. The Bertz CT molecular complexity index is 617. The molecular formula is C14H13NO3. The number of aliphatic carboxylic acids is 1. The summed E-state index contributed by atoms with van der Waals surface area (Å²) in [7, 11) is 0. The molecule has 0 radical (unpaired) electrons. The Morgan fingerprint density at radius 1 is 1.33 bits per heavy atom. The second-order valence-electron chi connectivity index (χ2n) is 4.52. The number of benzene rings is 1. The summed E-state index contributed by atoms with van der Waals surface area (Å²) < 4.78 is 7.53. The molecule has 92 valence electrons. The first-order valence-electron chi connectivity index (χ1n) is 5.76. The van der Waals surface area contributed by atoms with Crippen molar-refractivity contribution in [2.75, 3.05) is 0 Å². The quantitative estimate of drug-likeness (QED) is 0.836. The van der Waals surface area contributed by atoms with Crippen molar-refractivity contribution in [2.24, 2.45) is 0 Å². The maximum Gasteiger partial charge on any atom is 0.341 e. The zero-order valence-electron chi connectivity index (χ0n) is 9.96. The Hall–Kier alpha value is -2.07. The number of aromatic nitrogens is 1. The van der Waals surface area contributed by atoms with Crippen LogP contribution in [0.5, 0.6) is 0 Å². The van der Waals surface area contributed by atoms with Gasteiger partial charge in [-0.1, -0.05) is 18.2 Å². The van der Waals surface area contributed by atoms with Gasteiger partial charge in [-0.3, -0.25) is 0 Å². The van der Waals surface area contributed by atoms with Gasteiger partial charge in [-0.05, 0) is 25.1 Å². The number of carboxylic acids is 1. The summed E-state index contributed by atoms with van der Waals surface area (Å²) in [6.45, 7) is 1.88. The van der Waals surface area contributed by atoms with E-state index in [0.29, 0.717) is 12.3 Å². The minimum Gasteiger partial charge on any atom is -0.479 e. The summed E-state index contributed by atoms with van der Waals surface area (Å²) >= 11 is 0. The van der Waals surface area contributed by atoms with Gasteiger partial charge in [-0.25, -0.2) is 4.79 Å². The standard InChI is InChI=1S/C14H13NO3/c1-14(13(16)17)12-7-4-8-15(12)11-6-3-2-5-10(11)9-18-14/h2-8H,9H2,1H3,(H,16,17)/t14-/m0/s1. The van der Waals surface area contributed by atoms with E-state index in [9.17, 15) is 9.90 Å². The predicted octanol–water partition coefficient (Wildman–Crippen LogP) is 2.31. The SMILES string of the molecule is C[C@]1(C(=O)O)OCc2ccccc2-n2cccc21. The van der Waals surface area contributed by atoms with Crippen molar-refractivity contribution in [3.8, 4) is 5.69 Å². The highest BCUT2D eigenvalue weighted by atomic mass is 16.5. The topological polar surface area (TPSA) is 51.5 Å². The molecular weight excluding hydrogens is 230 g/mol. The van der Waals surface area contributed by atoms with Crippen molar-refractivity contribution >= 4 is 5.97 Å². The third-order valence-corrected chi connectivity index (χ3v) is 3.41. The Labute approximate surface area is 104 Å². The smallest absolute Gasteiger partial charge is 0.341 e. The summed E-state index contributed by atoms with van der Waals surface area (Å²) in [6.07, 6.45) is 1.87. The van der Waals surface area contributed by atoms with Crippen molar-refractivity contribution in [2.45, 2.75) is 19.1 Å². The number of nitrogens with zero attached hydrogens (tertiary/aromatic N) is 1. The summed E-state index contributed by atoms with van der Waals surface area (Å²) in [6, 6.07) is 11.4. The first kappa shape index (κ1) is 11.0. The zero-order chi connectivity index (χ0) is 12.8. The average Bonchev–Trinajstić information content (AvgIpc) is 2.81. The number of rotatable bonds is 1. The van der Waals surface area contributed by atoms with Gasteiger partial charge in [0, 0.05) is 11.8 Å². The molecule has 0 spiro atoms. The molecule has 1 aromatic carbocycles. The fourth-order valence-electron chi connectivity index (χ4n) is 2.32. The second kappa shape index (κ2) is 3.71. The van der Waals surface area contributed by atoms with Crippen molar-refractivity contribution < 1.29 is 14.6 Å². The van der Waals surface area contributed by atoms with Crippen LogP contribution in [0.2, 0.25) is 0 Å². The van der Waals surface area contributed by atoms with Crippen LogP contribution in [0.25, 0.3) is 5.69 Å². The highest BCUT2D eigenvalue weighted by Gasteiger charge is 2.41. The molecule has 3 rings (SSSR count). The van der Waals surface area contributed by atoms with Crippen molar-refractivity contribution in [1.29, 1.82) is 0 Å². The van der Waals surface area contributed by atoms with Crippen LogP contribution in [0, 0.1) is 0 Å². The van der Waals surface area contributed by atoms with Crippen LogP contribution in [0.3, 0.4) is 0 Å². The number of carbonyl (C=O) groups is 1. The minimum absolute atomic E-state index is 0.292. The monoisotopic (exact) mass is 243 g/mol. The molecule has 4 nitrogen and oxygen atoms in total. The van der Waals surface area contributed by atoms with E-state index in [0.717, 1.165) is 11.3 Å². The predicted molar refractivity (Wildman–Crippen MR) is 65.5 cm³/mol. The Morgan fingerprint density at radius 3 is 2.89 bits per heavy atom. The lowest BCUT2D eigenvalue weighted by atomic mass is 10.0. The van der Waals surface area contributed by atoms with Crippen LogP contribution in [0.15, 0.2) is 42.6 Å². The lowest BCUT2D eigenvalue weighted by molar-refractivity contribution is -0.167. The largest absolute Gasteiger partial charge is 0.479 e. The molecule has 18 heavy (non-hydrogen) atoms. The highest BCUT2D eigenvalue weighted by Crippen LogP contribution is 2.34.